The Hall–Kier alpha value is 0.777. The fraction of sp³-hybridized carbons (Fsp3) is 0. The first-order chi connectivity index (χ1) is 2.00. The minimum atomic E-state index is -5.52. The summed E-state index contributed by atoms with van der Waals surface area (Å²) in [6, 6.07) is 0. The molecule has 0 spiro atoms. The zero-order valence-electron chi connectivity index (χ0n) is 4.23. The molecule has 0 atom stereocenters. The molecule has 7 nitrogen and oxygen atoms in total. The summed E-state index contributed by atoms with van der Waals surface area (Å²) in [5, 5.41) is 0. The van der Waals surface area contributed by atoms with Gasteiger partial charge in [-0.15, -0.1) is 0 Å². The van der Waals surface area contributed by atoms with Gasteiger partial charge < -0.3 is 17.1 Å². The van der Waals surface area contributed by atoms with Gasteiger partial charge in [0.05, 0.1) is 0 Å². The second kappa shape index (κ2) is 11.6. The second-order valence-electron chi connectivity index (χ2n) is 0.448. The van der Waals surface area contributed by atoms with Crippen molar-refractivity contribution in [3.8, 4) is 0 Å². The number of rotatable bonds is 0. The molecular weight excluding hydrogens is 302 g/mol. The molecule has 0 radical (unpaired) electrons. The van der Waals surface area contributed by atoms with Crippen molar-refractivity contribution in [1.29, 1.82) is 0 Å². The normalized spacial score (nSPS) is 6.44. The van der Waals surface area contributed by atoms with Crippen LogP contribution < -0.4 is 6.15 Å². The van der Waals surface area contributed by atoms with Gasteiger partial charge in [0.15, 0.2) is 0 Å². The van der Waals surface area contributed by atoms with Crippen molar-refractivity contribution in [2.45, 2.75) is 0 Å². The molecule has 0 aromatic carbocycles. The minimum absolute atomic E-state index is 0. The molecule has 0 aliphatic carbocycles. The summed E-state index contributed by atoms with van der Waals surface area (Å²) in [7, 11) is 0. The Kier molecular flexibility index (Phi) is 42.4. The molecule has 9 heteroatoms. The van der Waals surface area contributed by atoms with Gasteiger partial charge in [-0.05, 0) is 0 Å². The molecule has 0 aromatic rings. The number of hydrogen-bond donors (Lipinski definition) is 3. The van der Waals surface area contributed by atoms with Crippen LogP contribution in [-0.4, -0.2) is 18.5 Å². The Labute approximate surface area is 69.3 Å². The van der Waals surface area contributed by atoms with E-state index in [9.17, 15) is 0 Å². The van der Waals surface area contributed by atoms with Crippen molar-refractivity contribution in [2.75, 3.05) is 0 Å². The maximum absolute atomic E-state index is 8.85. The van der Waals surface area contributed by atoms with Crippen LogP contribution in [0.25, 0.3) is 0 Å². The van der Waals surface area contributed by atoms with E-state index < -0.39 is 16.7 Å². The van der Waals surface area contributed by atoms with Gasteiger partial charge in [-0.1, -0.05) is 0 Å². The van der Waals surface area contributed by atoms with Gasteiger partial charge >= 0.3 is 31.1 Å². The first-order valence-electron chi connectivity index (χ1n) is 0.698. The number of hydrogen-bond acceptors (Lipinski definition) is 3. The monoisotopic (exact) mass is 315 g/mol. The van der Waals surface area contributed by atoms with Crippen LogP contribution in [0.1, 0.15) is 0 Å². The van der Waals surface area contributed by atoms with Crippen molar-refractivity contribution >= 4 is 0 Å². The van der Waals surface area contributed by atoms with Crippen LogP contribution in [0.2, 0.25) is 0 Å². The van der Waals surface area contributed by atoms with E-state index in [0.29, 0.717) is 0 Å². The van der Waals surface area contributed by atoms with E-state index in [2.05, 4.69) is 0 Å². The average Bonchev–Trinajstić information content (AvgIpc) is 0.722. The molecule has 0 fully saturated rings. The van der Waals surface area contributed by atoms with Crippen molar-refractivity contribution in [2.24, 2.45) is 0 Å². The standard InChI is InChI=1S/2Mo.H3N.4H2O.2O/h;;1H3;4*1H2;;/q;+2;;;;;;;/p-2. The molecule has 0 aliphatic heterocycles. The van der Waals surface area contributed by atoms with Gasteiger partial charge in [-0.25, -0.2) is 0 Å². The van der Waals surface area contributed by atoms with Gasteiger partial charge in [-0.2, -0.15) is 0 Å². The topological polar surface area (TPSA) is 173 Å². The van der Waals surface area contributed by atoms with Crippen LogP contribution in [0.15, 0.2) is 0 Å². The zero-order valence-corrected chi connectivity index (χ0v) is 8.25. The predicted molar refractivity (Wildman–Crippen MR) is 18.1 cm³/mol. The van der Waals surface area contributed by atoms with Crippen LogP contribution in [0.3, 0.4) is 0 Å². The summed E-state index contributed by atoms with van der Waals surface area (Å²) in [5.74, 6) is 0. The fourth-order valence-electron chi connectivity index (χ4n) is 0. The Bertz CT molecular complexity index is 94.2. The van der Waals surface area contributed by atoms with E-state index in [4.69, 9.17) is 14.3 Å². The van der Waals surface area contributed by atoms with Gasteiger partial charge in [-0.3, -0.25) is 0 Å². The van der Waals surface area contributed by atoms with Crippen molar-refractivity contribution in [3.05, 3.63) is 0 Å². The summed E-state index contributed by atoms with van der Waals surface area (Å²) in [6.45, 7) is 0. The SMILES string of the molecule is N.O.O.[Mo].[O]=[Mo](=[O])([OH])[OH]. The van der Waals surface area contributed by atoms with Gasteiger partial charge in [0.1, 0.15) is 0 Å². The molecule has 0 rings (SSSR count). The Morgan fingerprint density at radius 2 is 1.00 bits per heavy atom. The van der Waals surface area contributed by atoms with Crippen molar-refractivity contribution in [3.63, 3.8) is 0 Å². The summed E-state index contributed by atoms with van der Waals surface area (Å²) in [6.07, 6.45) is 0. The summed E-state index contributed by atoms with van der Waals surface area (Å²) in [5.41, 5.74) is 0. The third-order valence-corrected chi connectivity index (χ3v) is 0. The van der Waals surface area contributed by atoms with E-state index in [0.717, 1.165) is 0 Å². The van der Waals surface area contributed by atoms with E-state index >= 15 is 0 Å². The van der Waals surface area contributed by atoms with E-state index in [1.807, 2.05) is 0 Å². The average molecular weight is 311 g/mol. The first kappa shape index (κ1) is 33.0. The third kappa shape index (κ3) is 668. The Balaban J connectivity index is -0.0000000133. The van der Waals surface area contributed by atoms with Gasteiger partial charge in [0, 0.05) is 21.1 Å². The third-order valence-electron chi connectivity index (χ3n) is 0. The molecule has 0 amide bonds. The van der Waals surface area contributed by atoms with E-state index in [-0.39, 0.29) is 38.2 Å². The Morgan fingerprint density at radius 3 is 1.00 bits per heavy atom. The predicted octanol–water partition coefficient (Wildman–Crippen LogP) is -2.84. The van der Waals surface area contributed by atoms with Crippen molar-refractivity contribution < 1.29 is 63.1 Å². The van der Waals surface area contributed by atoms with E-state index in [1.165, 1.54) is 0 Å². The zero-order chi connectivity index (χ0) is 4.50. The molecular formula is H9Mo2NO6. The van der Waals surface area contributed by atoms with Gasteiger partial charge in [0.25, 0.3) is 0 Å². The quantitative estimate of drug-likeness (QED) is 0.408. The van der Waals surface area contributed by atoms with E-state index in [1.54, 1.807) is 0 Å². The molecule has 9 N–H and O–H groups in total. The fourth-order valence-corrected chi connectivity index (χ4v) is 0. The maximum atomic E-state index is 8.85. The second-order valence-corrected chi connectivity index (χ2v) is 2.65. The van der Waals surface area contributed by atoms with Crippen LogP contribution >= 0.6 is 0 Å². The molecule has 0 heterocycles. The van der Waals surface area contributed by atoms with Crippen LogP contribution in [0, 0.1) is 0 Å². The molecule has 0 unspecified atom stereocenters. The molecule has 0 aliphatic rings. The molecule has 9 heavy (non-hydrogen) atoms. The summed E-state index contributed by atoms with van der Waals surface area (Å²) < 4.78 is 32.0. The summed E-state index contributed by atoms with van der Waals surface area (Å²) in [4.78, 5) is 0. The van der Waals surface area contributed by atoms with Gasteiger partial charge in [0.2, 0.25) is 0 Å². The summed E-state index contributed by atoms with van der Waals surface area (Å²) >= 11 is -5.52. The van der Waals surface area contributed by atoms with Crippen LogP contribution in [0.5, 0.6) is 0 Å². The Morgan fingerprint density at radius 1 is 1.00 bits per heavy atom. The first-order valence-corrected chi connectivity index (χ1v) is 4.13. The van der Waals surface area contributed by atoms with Crippen molar-refractivity contribution in [1.82, 2.24) is 6.15 Å². The molecule has 62 valence electrons. The molecule has 0 bridgehead atoms. The van der Waals surface area contributed by atoms with Crippen LogP contribution in [-0.2, 0) is 44.6 Å². The molecule has 0 aromatic heterocycles. The molecule has 0 saturated carbocycles. The molecule has 0 saturated heterocycles. The van der Waals surface area contributed by atoms with Crippen LogP contribution in [0.4, 0.5) is 0 Å².